The normalized spacial score (nSPS) is 11.2. The Labute approximate surface area is 127 Å². The Bertz CT molecular complexity index is 559. The van der Waals surface area contributed by atoms with Crippen LogP contribution >= 0.6 is 0 Å². The van der Waals surface area contributed by atoms with Crippen molar-refractivity contribution in [3.8, 4) is 0 Å². The molecule has 0 aliphatic heterocycles. The molecule has 2 aromatic rings. The van der Waals surface area contributed by atoms with Crippen LogP contribution in [0.25, 0.3) is 0 Å². The van der Waals surface area contributed by atoms with Gasteiger partial charge >= 0.3 is 18.9 Å². The zero-order valence-corrected chi connectivity index (χ0v) is 10.8. The Morgan fingerprint density at radius 2 is 0.900 bits per heavy atom. The first-order valence-corrected chi connectivity index (χ1v) is 5.49. The van der Waals surface area contributed by atoms with Gasteiger partial charge in [-0.15, -0.1) is 0 Å². The van der Waals surface area contributed by atoms with E-state index in [9.17, 15) is 9.59 Å². The van der Waals surface area contributed by atoms with Gasteiger partial charge in [0.1, 0.15) is 0 Å². The molecule has 0 heterocycles. The predicted molar refractivity (Wildman–Crippen MR) is 68.1 cm³/mol. The molecule has 0 bridgehead atoms. The molecule has 5 heteroatoms. The molecule has 94 valence electrons. The largest absolute Gasteiger partial charge is 1.00 e. The van der Waals surface area contributed by atoms with Crippen LogP contribution in [0, 0.1) is 0 Å². The first kappa shape index (κ1) is 15.9. The average molecular weight is 260 g/mol. The molecule has 3 rings (SSSR count). The van der Waals surface area contributed by atoms with E-state index < -0.39 is 0 Å². The van der Waals surface area contributed by atoms with E-state index in [1.165, 1.54) is 0 Å². The molecule has 4 nitrogen and oxygen atoms in total. The van der Waals surface area contributed by atoms with E-state index in [4.69, 9.17) is 9.90 Å². The fourth-order valence-corrected chi connectivity index (χ4v) is 2.05. The fraction of sp³-hybridized carbons (Fsp3) is 0. The average Bonchev–Trinajstić information content (AvgIpc) is 2.46. The molecule has 1 N–H and O–H groups in total. The van der Waals surface area contributed by atoms with Crippen LogP contribution in [0.4, 0.5) is 0 Å². The van der Waals surface area contributed by atoms with Gasteiger partial charge < -0.3 is 9.90 Å². The van der Waals surface area contributed by atoms with Crippen molar-refractivity contribution in [3.63, 3.8) is 0 Å². The van der Waals surface area contributed by atoms with Crippen molar-refractivity contribution in [2.75, 3.05) is 0 Å². The van der Waals surface area contributed by atoms with E-state index in [1.54, 1.807) is 48.5 Å². The summed E-state index contributed by atoms with van der Waals surface area (Å²) >= 11 is 0. The molecule has 1 aliphatic carbocycles. The number of fused-ring (bicyclic) bond motifs is 2. The summed E-state index contributed by atoms with van der Waals surface area (Å²) in [5.74, 6) is -0.128. The number of rotatable bonds is 0. The minimum atomic E-state index is -0.0641. The van der Waals surface area contributed by atoms with Crippen LogP contribution in [0.3, 0.4) is 0 Å². The standard InChI is InChI=1S/C14H8O2.CHO2.Li/c15-13-9-5-1-2-6-10(9)14(16)12-8-4-3-7-11(12)13;2-1-3;/h1-8H;(H,2,3);/q;-1;+1. The van der Waals surface area contributed by atoms with Crippen molar-refractivity contribution >= 4 is 18.0 Å². The Kier molecular flexibility index (Phi) is 5.45. The Morgan fingerprint density at radius 1 is 0.700 bits per heavy atom. The Morgan fingerprint density at radius 3 is 1.10 bits per heavy atom. The third-order valence-electron chi connectivity index (χ3n) is 2.83. The van der Waals surface area contributed by atoms with Crippen LogP contribution in [0.15, 0.2) is 48.5 Å². The van der Waals surface area contributed by atoms with Crippen molar-refractivity contribution in [2.45, 2.75) is 0 Å². The number of benzene rings is 2. The van der Waals surface area contributed by atoms with Crippen molar-refractivity contribution in [1.82, 2.24) is 0 Å². The SMILES string of the molecule is O=C1c2ccccc2C(=O)c2ccccc21.O=[C-]O.[Li+]. The van der Waals surface area contributed by atoms with E-state index >= 15 is 0 Å². The first-order chi connectivity index (χ1) is 9.20. The molecule has 0 saturated heterocycles. The number of carbonyl (C=O) groups excluding carboxylic acids is 2. The van der Waals surface area contributed by atoms with E-state index in [2.05, 4.69) is 0 Å². The molecular weight excluding hydrogens is 251 g/mol. The van der Waals surface area contributed by atoms with E-state index in [1.807, 2.05) is 0 Å². The number of hydrogen-bond acceptors (Lipinski definition) is 3. The van der Waals surface area contributed by atoms with Gasteiger partial charge in [0.05, 0.1) is 0 Å². The zero-order chi connectivity index (χ0) is 13.8. The number of carbonyl (C=O) groups is 2. The van der Waals surface area contributed by atoms with Crippen LogP contribution in [0.1, 0.15) is 31.8 Å². The molecular formula is C15H9LiO4. The third-order valence-corrected chi connectivity index (χ3v) is 2.83. The number of ketones is 2. The van der Waals surface area contributed by atoms with Crippen LogP contribution in [0.5, 0.6) is 0 Å². The molecule has 0 fully saturated rings. The second-order valence-electron chi connectivity index (χ2n) is 3.84. The summed E-state index contributed by atoms with van der Waals surface area (Å²) in [6.07, 6.45) is 0. The fourth-order valence-electron chi connectivity index (χ4n) is 2.05. The topological polar surface area (TPSA) is 71.4 Å². The molecule has 0 unspecified atom stereocenters. The summed E-state index contributed by atoms with van der Waals surface area (Å²) < 4.78 is 0. The van der Waals surface area contributed by atoms with Gasteiger partial charge in [-0.05, 0) is 0 Å². The van der Waals surface area contributed by atoms with E-state index in [-0.39, 0.29) is 30.4 Å². The van der Waals surface area contributed by atoms with Gasteiger partial charge in [-0.25, -0.2) is 0 Å². The Hall–Kier alpha value is -2.15. The molecule has 2 aromatic carbocycles. The van der Waals surface area contributed by atoms with Crippen molar-refractivity contribution in [2.24, 2.45) is 0 Å². The zero-order valence-electron chi connectivity index (χ0n) is 10.8. The van der Waals surface area contributed by atoms with Gasteiger partial charge in [0.15, 0.2) is 11.6 Å². The summed E-state index contributed by atoms with van der Waals surface area (Å²) in [5, 5.41) is 6.76. The molecule has 0 atom stereocenters. The Balaban J connectivity index is 0.000000462. The van der Waals surface area contributed by atoms with Crippen molar-refractivity contribution < 1.29 is 38.4 Å². The molecule has 0 aromatic heterocycles. The van der Waals surface area contributed by atoms with E-state index in [0.717, 1.165) is 0 Å². The summed E-state index contributed by atoms with van der Waals surface area (Å²) in [7, 11) is 0. The monoisotopic (exact) mass is 260 g/mol. The van der Waals surface area contributed by atoms with Crippen molar-refractivity contribution in [3.05, 3.63) is 70.8 Å². The predicted octanol–water partition coefficient (Wildman–Crippen LogP) is -0.922. The second-order valence-corrected chi connectivity index (χ2v) is 3.84. The molecule has 0 spiro atoms. The molecule has 0 saturated carbocycles. The minimum absolute atomic E-state index is 0. The summed E-state index contributed by atoms with van der Waals surface area (Å²) in [6.45, 7) is 0.500. The van der Waals surface area contributed by atoms with Crippen LogP contribution in [-0.4, -0.2) is 23.1 Å². The summed E-state index contributed by atoms with van der Waals surface area (Å²) in [6, 6.07) is 13.9. The minimum Gasteiger partial charge on any atom is -0.665 e. The van der Waals surface area contributed by atoms with Gasteiger partial charge in [0, 0.05) is 22.3 Å². The molecule has 1 aliphatic rings. The molecule has 0 radical (unpaired) electrons. The summed E-state index contributed by atoms with van der Waals surface area (Å²) in [5.41, 5.74) is 2.02. The third kappa shape index (κ3) is 2.72. The van der Waals surface area contributed by atoms with Crippen LogP contribution in [0.2, 0.25) is 0 Å². The maximum Gasteiger partial charge on any atom is 1.00 e. The number of hydrogen-bond donors (Lipinski definition) is 1. The van der Waals surface area contributed by atoms with Gasteiger partial charge in [0.25, 0.3) is 0 Å². The maximum atomic E-state index is 12.1. The van der Waals surface area contributed by atoms with Crippen LogP contribution in [-0.2, 0) is 4.79 Å². The van der Waals surface area contributed by atoms with Gasteiger partial charge in [0.2, 0.25) is 0 Å². The van der Waals surface area contributed by atoms with Crippen LogP contribution < -0.4 is 18.9 Å². The smallest absolute Gasteiger partial charge is 0.665 e. The summed E-state index contributed by atoms with van der Waals surface area (Å²) in [4.78, 5) is 32.4. The number of aliphatic hydroxyl groups excluding tert-OH is 1. The maximum absolute atomic E-state index is 12.1. The van der Waals surface area contributed by atoms with Gasteiger partial charge in [-0.2, -0.15) is 0 Å². The van der Waals surface area contributed by atoms with Gasteiger partial charge in [-0.3, -0.25) is 9.59 Å². The van der Waals surface area contributed by atoms with Crippen molar-refractivity contribution in [1.29, 1.82) is 0 Å². The first-order valence-electron chi connectivity index (χ1n) is 5.49. The molecule has 20 heavy (non-hydrogen) atoms. The molecule has 0 amide bonds. The van der Waals surface area contributed by atoms with Gasteiger partial charge in [-0.1, -0.05) is 55.0 Å². The van der Waals surface area contributed by atoms with E-state index in [0.29, 0.717) is 28.7 Å². The quantitative estimate of drug-likeness (QED) is 0.419. The second kappa shape index (κ2) is 6.85.